The largest absolute Gasteiger partial charge is 0.492 e. The number of aryl methyl sites for hydroxylation is 1. The van der Waals surface area contributed by atoms with Gasteiger partial charge in [0.25, 0.3) is 0 Å². The second-order valence-electron chi connectivity index (χ2n) is 5.21. The second-order valence-corrected chi connectivity index (χ2v) is 5.21. The number of aromatic nitrogens is 1. The van der Waals surface area contributed by atoms with Crippen LogP contribution in [0.5, 0.6) is 5.75 Å². The van der Waals surface area contributed by atoms with Crippen LogP contribution in [-0.4, -0.2) is 18.1 Å². The van der Waals surface area contributed by atoms with Crippen LogP contribution >= 0.6 is 0 Å². The van der Waals surface area contributed by atoms with E-state index in [1.807, 2.05) is 61.5 Å². The number of para-hydroxylation sites is 1. The minimum absolute atomic E-state index is 0.243. The van der Waals surface area contributed by atoms with Gasteiger partial charge in [-0.2, -0.15) is 10.2 Å². The lowest BCUT2D eigenvalue weighted by molar-refractivity contribution is 0.331. The highest BCUT2D eigenvalue weighted by molar-refractivity contribution is 5.62. The van der Waals surface area contributed by atoms with Crippen molar-refractivity contribution in [3.8, 4) is 23.3 Å². The van der Waals surface area contributed by atoms with Gasteiger partial charge in [0.15, 0.2) is 0 Å². The van der Waals surface area contributed by atoms with Crippen molar-refractivity contribution in [2.24, 2.45) is 0 Å². The summed E-state index contributed by atoms with van der Waals surface area (Å²) in [5.41, 5.74) is 2.16. The molecule has 120 valence electrons. The van der Waals surface area contributed by atoms with Crippen LogP contribution in [0.25, 0.3) is 11.5 Å². The number of hydrogen-bond donors (Lipinski definition) is 1. The molecular weight excluding hydrogens is 302 g/mol. The third kappa shape index (κ3) is 3.55. The summed E-state index contributed by atoms with van der Waals surface area (Å²) in [6.07, 6.45) is 0. The van der Waals surface area contributed by atoms with Crippen LogP contribution in [0, 0.1) is 18.3 Å². The van der Waals surface area contributed by atoms with Crippen molar-refractivity contribution in [3.05, 3.63) is 65.9 Å². The second kappa shape index (κ2) is 7.34. The van der Waals surface area contributed by atoms with Crippen molar-refractivity contribution in [3.63, 3.8) is 0 Å². The van der Waals surface area contributed by atoms with E-state index < -0.39 is 0 Å². The van der Waals surface area contributed by atoms with E-state index in [4.69, 9.17) is 9.15 Å². The molecule has 0 radical (unpaired) electrons. The van der Waals surface area contributed by atoms with E-state index in [-0.39, 0.29) is 5.69 Å². The maximum absolute atomic E-state index is 9.24. The van der Waals surface area contributed by atoms with E-state index in [0.717, 1.165) is 16.9 Å². The summed E-state index contributed by atoms with van der Waals surface area (Å²) in [5, 5.41) is 12.3. The molecule has 5 heteroatoms. The van der Waals surface area contributed by atoms with Gasteiger partial charge < -0.3 is 14.5 Å². The van der Waals surface area contributed by atoms with Crippen LogP contribution in [0.4, 0.5) is 5.88 Å². The molecule has 0 spiro atoms. The summed E-state index contributed by atoms with van der Waals surface area (Å²) < 4.78 is 11.3. The van der Waals surface area contributed by atoms with Crippen molar-refractivity contribution < 1.29 is 9.15 Å². The maximum Gasteiger partial charge on any atom is 0.232 e. The van der Waals surface area contributed by atoms with Crippen LogP contribution in [0.1, 0.15) is 11.3 Å². The van der Waals surface area contributed by atoms with E-state index in [2.05, 4.69) is 16.4 Å². The summed E-state index contributed by atoms with van der Waals surface area (Å²) in [7, 11) is 0. The molecule has 0 aliphatic heterocycles. The Morgan fingerprint density at radius 2 is 1.88 bits per heavy atom. The van der Waals surface area contributed by atoms with Crippen molar-refractivity contribution in [1.82, 2.24) is 4.98 Å². The Balaban J connectivity index is 1.66. The smallest absolute Gasteiger partial charge is 0.232 e. The van der Waals surface area contributed by atoms with Crippen LogP contribution in [0.15, 0.2) is 59.0 Å². The van der Waals surface area contributed by atoms with Crippen molar-refractivity contribution >= 4 is 5.88 Å². The molecule has 0 saturated carbocycles. The molecule has 0 atom stereocenters. The Morgan fingerprint density at radius 3 is 2.62 bits per heavy atom. The van der Waals surface area contributed by atoms with Gasteiger partial charge in [-0.1, -0.05) is 36.4 Å². The molecule has 5 nitrogen and oxygen atoms in total. The number of nitrogens with zero attached hydrogens (tertiary/aromatic N) is 2. The van der Waals surface area contributed by atoms with Gasteiger partial charge in [0.05, 0.1) is 6.54 Å². The molecule has 0 saturated heterocycles. The molecule has 1 aromatic heterocycles. The van der Waals surface area contributed by atoms with Crippen molar-refractivity contribution in [1.29, 1.82) is 5.26 Å². The van der Waals surface area contributed by atoms with Crippen molar-refractivity contribution in [2.45, 2.75) is 6.92 Å². The Hall–Kier alpha value is -3.26. The zero-order valence-corrected chi connectivity index (χ0v) is 13.3. The molecule has 2 aromatic carbocycles. The van der Waals surface area contributed by atoms with E-state index in [9.17, 15) is 5.26 Å². The average Bonchev–Trinajstić information content (AvgIpc) is 3.03. The number of benzene rings is 2. The Kier molecular flexibility index (Phi) is 4.78. The summed E-state index contributed by atoms with van der Waals surface area (Å²) in [5.74, 6) is 1.61. The predicted octanol–water partition coefficient (Wildman–Crippen LogP) is 4.01. The average molecular weight is 319 g/mol. The van der Waals surface area contributed by atoms with Crippen LogP contribution in [0.3, 0.4) is 0 Å². The molecule has 0 bridgehead atoms. The van der Waals surface area contributed by atoms with Crippen LogP contribution < -0.4 is 10.1 Å². The van der Waals surface area contributed by atoms with Gasteiger partial charge in [-0.3, -0.25) is 0 Å². The van der Waals surface area contributed by atoms with Gasteiger partial charge in [0, 0.05) is 5.56 Å². The minimum atomic E-state index is 0.243. The number of nitriles is 1. The van der Waals surface area contributed by atoms with Crippen LogP contribution in [0.2, 0.25) is 0 Å². The first-order valence-corrected chi connectivity index (χ1v) is 7.66. The monoisotopic (exact) mass is 319 g/mol. The summed E-state index contributed by atoms with van der Waals surface area (Å²) in [4.78, 5) is 4.27. The van der Waals surface area contributed by atoms with Gasteiger partial charge in [0.2, 0.25) is 17.5 Å². The number of ether oxygens (including phenoxy) is 1. The lowest BCUT2D eigenvalue weighted by atomic mass is 10.1. The van der Waals surface area contributed by atoms with Crippen LogP contribution in [-0.2, 0) is 0 Å². The highest BCUT2D eigenvalue weighted by atomic mass is 16.5. The maximum atomic E-state index is 9.24. The first-order valence-electron chi connectivity index (χ1n) is 7.66. The lowest BCUT2D eigenvalue weighted by Gasteiger charge is -2.06. The molecule has 1 heterocycles. The van der Waals surface area contributed by atoms with Gasteiger partial charge >= 0.3 is 0 Å². The normalized spacial score (nSPS) is 10.2. The van der Waals surface area contributed by atoms with E-state index in [1.54, 1.807) is 0 Å². The molecule has 3 aromatic rings. The summed E-state index contributed by atoms with van der Waals surface area (Å²) >= 11 is 0. The topological polar surface area (TPSA) is 71.1 Å². The highest BCUT2D eigenvalue weighted by Gasteiger charge is 2.15. The molecule has 0 amide bonds. The fourth-order valence-corrected chi connectivity index (χ4v) is 2.29. The third-order valence-corrected chi connectivity index (χ3v) is 3.51. The third-order valence-electron chi connectivity index (χ3n) is 3.51. The molecule has 0 fully saturated rings. The Morgan fingerprint density at radius 1 is 1.12 bits per heavy atom. The zero-order valence-electron chi connectivity index (χ0n) is 13.3. The minimum Gasteiger partial charge on any atom is -0.492 e. The number of oxazole rings is 1. The van der Waals surface area contributed by atoms with Crippen molar-refractivity contribution in [2.75, 3.05) is 18.5 Å². The Labute approximate surface area is 140 Å². The van der Waals surface area contributed by atoms with E-state index >= 15 is 0 Å². The van der Waals surface area contributed by atoms with Gasteiger partial charge in [0.1, 0.15) is 18.4 Å². The zero-order chi connectivity index (χ0) is 16.8. The number of nitrogens with one attached hydrogen (secondary N) is 1. The lowest BCUT2D eigenvalue weighted by Crippen LogP contribution is -2.11. The molecule has 0 unspecified atom stereocenters. The number of hydrogen-bond acceptors (Lipinski definition) is 5. The number of rotatable bonds is 6. The fourth-order valence-electron chi connectivity index (χ4n) is 2.29. The standard InChI is InChI=1S/C19H17N3O2/c1-14-7-5-6-10-16(14)18-22-17(13-20)19(24-18)21-11-12-23-15-8-3-2-4-9-15/h2-10,21H,11-12H2,1H3. The molecule has 24 heavy (non-hydrogen) atoms. The van der Waals surface area contributed by atoms with E-state index in [0.29, 0.717) is 24.9 Å². The molecule has 0 aliphatic rings. The molecule has 0 aliphatic carbocycles. The Bertz CT molecular complexity index is 851. The van der Waals surface area contributed by atoms with Gasteiger partial charge in [-0.15, -0.1) is 0 Å². The van der Waals surface area contributed by atoms with Gasteiger partial charge in [-0.25, -0.2) is 0 Å². The summed E-state index contributed by atoms with van der Waals surface area (Å²) in [6.45, 7) is 2.94. The highest BCUT2D eigenvalue weighted by Crippen LogP contribution is 2.27. The van der Waals surface area contributed by atoms with Gasteiger partial charge in [-0.05, 0) is 30.7 Å². The molecular formula is C19H17N3O2. The predicted molar refractivity (Wildman–Crippen MR) is 91.8 cm³/mol. The first kappa shape index (κ1) is 15.6. The molecule has 3 rings (SSSR count). The summed E-state index contributed by atoms with van der Waals surface area (Å²) in [6, 6.07) is 19.4. The molecule has 1 N–H and O–H groups in total. The SMILES string of the molecule is Cc1ccccc1-c1nc(C#N)c(NCCOc2ccccc2)o1. The first-order chi connectivity index (χ1) is 11.8. The quantitative estimate of drug-likeness (QED) is 0.695. The fraction of sp³-hybridized carbons (Fsp3) is 0.158. The number of anilines is 1. The van der Waals surface area contributed by atoms with E-state index in [1.165, 1.54) is 0 Å².